The van der Waals surface area contributed by atoms with Gasteiger partial charge in [0.25, 0.3) is 11.1 Å². The highest BCUT2D eigenvalue weighted by atomic mass is 32.2. The van der Waals surface area contributed by atoms with Crippen molar-refractivity contribution in [2.75, 3.05) is 4.90 Å². The molecule has 2 aromatic rings. The van der Waals surface area contributed by atoms with Crippen molar-refractivity contribution in [1.82, 2.24) is 9.97 Å². The molecule has 0 aromatic carbocycles. The molecule has 10 heteroatoms. The van der Waals surface area contributed by atoms with Gasteiger partial charge in [-0.15, -0.1) is 0 Å². The molecule has 9 nitrogen and oxygen atoms in total. The van der Waals surface area contributed by atoms with Gasteiger partial charge in [0.15, 0.2) is 5.82 Å². The number of amides is 2. The van der Waals surface area contributed by atoms with E-state index in [-0.39, 0.29) is 16.5 Å². The van der Waals surface area contributed by atoms with Gasteiger partial charge >= 0.3 is 5.88 Å². The molecule has 0 spiro atoms. The third-order valence-corrected chi connectivity index (χ3v) is 3.51. The Hall–Kier alpha value is -3.01. The molecular weight excluding hydrogens is 312 g/mol. The Labute approximate surface area is 126 Å². The number of aromatic nitrogens is 2. The van der Waals surface area contributed by atoms with Crippen molar-refractivity contribution in [3.63, 3.8) is 0 Å². The molecule has 0 atom stereocenters. The highest BCUT2D eigenvalue weighted by molar-refractivity contribution is 8.19. The van der Waals surface area contributed by atoms with Gasteiger partial charge in [-0.3, -0.25) is 24.7 Å². The summed E-state index contributed by atoms with van der Waals surface area (Å²) in [5.41, 5.74) is 0. The van der Waals surface area contributed by atoms with Crippen LogP contribution in [0.3, 0.4) is 0 Å². The molecule has 110 valence electrons. The zero-order chi connectivity index (χ0) is 15.7. The second kappa shape index (κ2) is 5.41. The van der Waals surface area contributed by atoms with E-state index in [4.69, 9.17) is 4.42 Å². The molecule has 2 amide bonds. The molecule has 0 saturated carbocycles. The van der Waals surface area contributed by atoms with Crippen molar-refractivity contribution in [2.24, 2.45) is 0 Å². The first-order chi connectivity index (χ1) is 10.6. The van der Waals surface area contributed by atoms with Gasteiger partial charge in [-0.05, 0) is 17.8 Å². The average Bonchev–Trinajstić information content (AvgIpc) is 3.06. The summed E-state index contributed by atoms with van der Waals surface area (Å²) in [7, 11) is 0. The van der Waals surface area contributed by atoms with E-state index in [0.29, 0.717) is 11.8 Å². The normalized spacial score (nSPS) is 16.5. The predicted molar refractivity (Wildman–Crippen MR) is 75.8 cm³/mol. The van der Waals surface area contributed by atoms with Gasteiger partial charge < -0.3 is 4.42 Å². The molecule has 1 aliphatic heterocycles. The summed E-state index contributed by atoms with van der Waals surface area (Å²) in [5, 5.41) is 10.0. The molecule has 0 unspecified atom stereocenters. The van der Waals surface area contributed by atoms with Crippen LogP contribution in [0.4, 0.5) is 16.5 Å². The lowest BCUT2D eigenvalue weighted by Crippen LogP contribution is -2.28. The van der Waals surface area contributed by atoms with Crippen LogP contribution in [0.2, 0.25) is 0 Å². The topological polar surface area (TPSA) is 119 Å². The molecule has 3 rings (SSSR count). The van der Waals surface area contributed by atoms with Crippen LogP contribution in [0, 0.1) is 10.1 Å². The van der Waals surface area contributed by atoms with Gasteiger partial charge in [-0.25, -0.2) is 9.88 Å². The van der Waals surface area contributed by atoms with Crippen molar-refractivity contribution in [1.29, 1.82) is 0 Å². The van der Waals surface area contributed by atoms with Crippen LogP contribution < -0.4 is 4.90 Å². The molecule has 1 fully saturated rings. The van der Waals surface area contributed by atoms with Crippen LogP contribution in [0.1, 0.15) is 5.76 Å². The number of hydrogen-bond donors (Lipinski definition) is 0. The zero-order valence-electron chi connectivity index (χ0n) is 10.7. The van der Waals surface area contributed by atoms with E-state index in [1.54, 1.807) is 0 Å². The largest absolute Gasteiger partial charge is 0.433 e. The highest BCUT2D eigenvalue weighted by Crippen LogP contribution is 2.35. The monoisotopic (exact) mass is 318 g/mol. The average molecular weight is 318 g/mol. The molecule has 1 saturated heterocycles. The standard InChI is InChI=1S/C12H6N4O5S/c17-11-8(5-7-1-2-10(21-7)16(19)20)22-12(18)15(11)9-6-13-3-4-14-9/h1-6H/b8-5-. The third-order valence-electron chi connectivity index (χ3n) is 2.64. The van der Waals surface area contributed by atoms with Gasteiger partial charge in [0.2, 0.25) is 0 Å². The highest BCUT2D eigenvalue weighted by Gasteiger charge is 2.37. The fourth-order valence-corrected chi connectivity index (χ4v) is 2.53. The molecule has 0 aliphatic carbocycles. The number of hydrogen-bond acceptors (Lipinski definition) is 8. The summed E-state index contributed by atoms with van der Waals surface area (Å²) in [6, 6.07) is 2.51. The molecular formula is C12H6N4O5S. The number of imide groups is 1. The van der Waals surface area contributed by atoms with Gasteiger partial charge in [0, 0.05) is 18.5 Å². The Morgan fingerprint density at radius 2 is 2.14 bits per heavy atom. The van der Waals surface area contributed by atoms with Crippen LogP contribution in [-0.4, -0.2) is 26.0 Å². The SMILES string of the molecule is O=C1S/C(=C\c2ccc([N+](=O)[O-])o2)C(=O)N1c1cnccn1. The summed E-state index contributed by atoms with van der Waals surface area (Å²) in [4.78, 5) is 42.7. The van der Waals surface area contributed by atoms with E-state index < -0.39 is 22.0 Å². The van der Waals surface area contributed by atoms with E-state index >= 15 is 0 Å². The number of carbonyl (C=O) groups is 2. The number of furan rings is 1. The number of anilines is 1. The number of thioether (sulfide) groups is 1. The predicted octanol–water partition coefficient (Wildman–Crippen LogP) is 2.22. The number of rotatable bonds is 3. The lowest BCUT2D eigenvalue weighted by molar-refractivity contribution is -0.402. The van der Waals surface area contributed by atoms with Gasteiger partial charge in [0.05, 0.1) is 17.2 Å². The maximum atomic E-state index is 12.2. The van der Waals surface area contributed by atoms with E-state index in [9.17, 15) is 19.7 Å². The Balaban J connectivity index is 1.90. The molecule has 0 N–H and O–H groups in total. The second-order valence-corrected chi connectivity index (χ2v) is 5.01. The van der Waals surface area contributed by atoms with Crippen molar-refractivity contribution < 1.29 is 18.9 Å². The first-order valence-corrected chi connectivity index (χ1v) is 6.66. The van der Waals surface area contributed by atoms with Crippen molar-refractivity contribution >= 4 is 40.7 Å². The quantitative estimate of drug-likeness (QED) is 0.480. The Morgan fingerprint density at radius 3 is 2.77 bits per heavy atom. The van der Waals surface area contributed by atoms with Crippen molar-refractivity contribution in [3.8, 4) is 0 Å². The third kappa shape index (κ3) is 2.46. The summed E-state index contributed by atoms with van der Waals surface area (Å²) in [6.07, 6.45) is 5.34. The fourth-order valence-electron chi connectivity index (χ4n) is 1.72. The fraction of sp³-hybridized carbons (Fsp3) is 0. The summed E-state index contributed by atoms with van der Waals surface area (Å²) >= 11 is 0.690. The number of nitro groups is 1. The smallest absolute Gasteiger partial charge is 0.401 e. The Bertz CT molecular complexity index is 801. The minimum atomic E-state index is -0.692. The van der Waals surface area contributed by atoms with E-state index in [1.165, 1.54) is 36.8 Å². The van der Waals surface area contributed by atoms with Gasteiger partial charge in [-0.2, -0.15) is 0 Å². The molecule has 22 heavy (non-hydrogen) atoms. The molecule has 0 radical (unpaired) electrons. The Morgan fingerprint density at radius 1 is 1.32 bits per heavy atom. The maximum absolute atomic E-state index is 12.2. The van der Waals surface area contributed by atoms with E-state index in [0.717, 1.165) is 4.90 Å². The van der Waals surface area contributed by atoms with Gasteiger partial charge in [-0.1, -0.05) is 0 Å². The first-order valence-electron chi connectivity index (χ1n) is 5.84. The van der Waals surface area contributed by atoms with Crippen LogP contribution in [-0.2, 0) is 4.79 Å². The minimum Gasteiger partial charge on any atom is -0.401 e. The van der Waals surface area contributed by atoms with Crippen LogP contribution in [0.15, 0.2) is 40.0 Å². The molecule has 1 aliphatic rings. The molecule has 3 heterocycles. The van der Waals surface area contributed by atoms with Crippen LogP contribution >= 0.6 is 11.8 Å². The first kappa shape index (κ1) is 13.9. The summed E-state index contributed by atoms with van der Waals surface area (Å²) < 4.78 is 4.93. The van der Waals surface area contributed by atoms with Crippen molar-refractivity contribution in [2.45, 2.75) is 0 Å². The lowest BCUT2D eigenvalue weighted by atomic mass is 10.3. The maximum Gasteiger partial charge on any atom is 0.433 e. The van der Waals surface area contributed by atoms with Crippen molar-refractivity contribution in [3.05, 3.63) is 51.5 Å². The Kier molecular flexibility index (Phi) is 3.43. The van der Waals surface area contributed by atoms with E-state index in [1.807, 2.05) is 0 Å². The van der Waals surface area contributed by atoms with Crippen LogP contribution in [0.25, 0.3) is 6.08 Å². The zero-order valence-corrected chi connectivity index (χ0v) is 11.5. The molecule has 2 aromatic heterocycles. The summed E-state index contributed by atoms with van der Waals surface area (Å²) in [5.74, 6) is -0.816. The molecule has 0 bridgehead atoms. The summed E-state index contributed by atoms with van der Waals surface area (Å²) in [6.45, 7) is 0. The minimum absolute atomic E-state index is 0.0832. The number of carbonyl (C=O) groups excluding carboxylic acids is 2. The van der Waals surface area contributed by atoms with Gasteiger partial charge in [0.1, 0.15) is 10.7 Å². The van der Waals surface area contributed by atoms with Crippen LogP contribution in [0.5, 0.6) is 0 Å². The number of nitrogens with zero attached hydrogens (tertiary/aromatic N) is 4. The van der Waals surface area contributed by atoms with E-state index in [2.05, 4.69) is 9.97 Å². The second-order valence-electron chi connectivity index (χ2n) is 4.01. The lowest BCUT2D eigenvalue weighted by Gasteiger charge is -2.09.